The Hall–Kier alpha value is -3.27. The third-order valence-electron chi connectivity index (χ3n) is 5.99. The van der Waals surface area contributed by atoms with Gasteiger partial charge in [-0.05, 0) is 68.7 Å². The Morgan fingerprint density at radius 1 is 1.03 bits per heavy atom. The molecule has 0 unspecified atom stereocenters. The van der Waals surface area contributed by atoms with Gasteiger partial charge in [-0.25, -0.2) is 8.42 Å². The second kappa shape index (κ2) is 11.4. The van der Waals surface area contributed by atoms with E-state index in [1.54, 1.807) is 55.1 Å². The predicted octanol–water partition coefficient (Wildman–Crippen LogP) is 3.01. The lowest BCUT2D eigenvalue weighted by Crippen LogP contribution is -2.46. The molecule has 35 heavy (non-hydrogen) atoms. The molecule has 1 aliphatic heterocycles. The smallest absolute Gasteiger partial charge is 0.309 e. The van der Waals surface area contributed by atoms with Gasteiger partial charge in [0.15, 0.2) is 0 Å². The Balaban J connectivity index is 1.89. The molecule has 0 N–H and O–H groups in total. The Morgan fingerprint density at radius 2 is 1.69 bits per heavy atom. The van der Waals surface area contributed by atoms with Gasteiger partial charge >= 0.3 is 5.97 Å². The SMILES string of the molecule is CCOC(=O)C1CCN(C(=O)CN(c2ccc(OC)cc2)S(=O)(=O)c2cc(C)ccc2OC)CC1. The lowest BCUT2D eigenvalue weighted by Gasteiger charge is -2.33. The first-order chi connectivity index (χ1) is 16.7. The van der Waals surface area contributed by atoms with E-state index >= 15 is 0 Å². The molecule has 0 atom stereocenters. The molecular formula is C25H32N2O7S. The molecule has 10 heteroatoms. The molecule has 0 aromatic heterocycles. The molecule has 3 rings (SSSR count). The average Bonchev–Trinajstić information content (AvgIpc) is 2.87. The summed E-state index contributed by atoms with van der Waals surface area (Å²) in [6, 6.07) is 11.4. The van der Waals surface area contributed by atoms with Crippen molar-refractivity contribution in [2.75, 3.05) is 44.8 Å². The van der Waals surface area contributed by atoms with Crippen LogP contribution in [0.3, 0.4) is 0 Å². The normalized spacial score (nSPS) is 14.3. The summed E-state index contributed by atoms with van der Waals surface area (Å²) in [4.78, 5) is 26.9. The van der Waals surface area contributed by atoms with Crippen molar-refractivity contribution in [3.8, 4) is 11.5 Å². The van der Waals surface area contributed by atoms with Gasteiger partial charge in [-0.15, -0.1) is 0 Å². The van der Waals surface area contributed by atoms with Crippen LogP contribution in [-0.2, 0) is 24.3 Å². The molecule has 2 aromatic carbocycles. The van der Waals surface area contributed by atoms with Crippen molar-refractivity contribution in [2.45, 2.75) is 31.6 Å². The summed E-state index contributed by atoms with van der Waals surface area (Å²) in [5, 5.41) is 0. The molecule has 1 saturated heterocycles. The molecule has 1 heterocycles. The maximum atomic E-state index is 13.8. The monoisotopic (exact) mass is 504 g/mol. The highest BCUT2D eigenvalue weighted by Crippen LogP contribution is 2.32. The molecule has 1 aliphatic rings. The second-order valence-electron chi connectivity index (χ2n) is 8.27. The van der Waals surface area contributed by atoms with Crippen molar-refractivity contribution >= 4 is 27.6 Å². The second-order valence-corrected chi connectivity index (χ2v) is 10.1. The summed E-state index contributed by atoms with van der Waals surface area (Å²) in [6.45, 7) is 4.17. The number of sulfonamides is 1. The maximum absolute atomic E-state index is 13.8. The van der Waals surface area contributed by atoms with Crippen molar-refractivity contribution < 1.29 is 32.2 Å². The number of ether oxygens (including phenoxy) is 3. The molecule has 0 aliphatic carbocycles. The number of esters is 1. The summed E-state index contributed by atoms with van der Waals surface area (Å²) < 4.78 is 44.4. The number of benzene rings is 2. The first-order valence-corrected chi connectivity index (χ1v) is 12.9. The van der Waals surface area contributed by atoms with Gasteiger partial charge in [0.2, 0.25) is 5.91 Å². The van der Waals surface area contributed by atoms with Gasteiger partial charge in [0.1, 0.15) is 22.9 Å². The van der Waals surface area contributed by atoms with Gasteiger partial charge in [-0.1, -0.05) is 6.07 Å². The lowest BCUT2D eigenvalue weighted by atomic mass is 9.97. The highest BCUT2D eigenvalue weighted by molar-refractivity contribution is 7.93. The molecule has 9 nitrogen and oxygen atoms in total. The number of rotatable bonds is 9. The fourth-order valence-electron chi connectivity index (χ4n) is 4.02. The van der Waals surface area contributed by atoms with E-state index in [1.165, 1.54) is 20.3 Å². The molecule has 2 aromatic rings. The summed E-state index contributed by atoms with van der Waals surface area (Å²) in [6.07, 6.45) is 0.955. The number of methoxy groups -OCH3 is 2. The van der Waals surface area contributed by atoms with Crippen molar-refractivity contribution in [3.05, 3.63) is 48.0 Å². The van der Waals surface area contributed by atoms with Crippen molar-refractivity contribution in [3.63, 3.8) is 0 Å². The number of carbonyl (C=O) groups excluding carboxylic acids is 2. The predicted molar refractivity (Wildman–Crippen MR) is 131 cm³/mol. The van der Waals surface area contributed by atoms with Crippen LogP contribution in [0.1, 0.15) is 25.3 Å². The molecule has 0 bridgehead atoms. The van der Waals surface area contributed by atoms with E-state index in [0.717, 1.165) is 9.87 Å². The third-order valence-corrected chi connectivity index (χ3v) is 7.79. The number of aryl methyl sites for hydroxylation is 1. The van der Waals surface area contributed by atoms with Crippen LogP contribution in [0.15, 0.2) is 47.4 Å². The van der Waals surface area contributed by atoms with Crippen LogP contribution in [0.2, 0.25) is 0 Å². The zero-order chi connectivity index (χ0) is 25.6. The minimum Gasteiger partial charge on any atom is -0.497 e. The van der Waals surface area contributed by atoms with E-state index < -0.39 is 16.6 Å². The van der Waals surface area contributed by atoms with Gasteiger partial charge in [0.05, 0.1) is 32.4 Å². The average molecular weight is 505 g/mol. The van der Waals surface area contributed by atoms with Gasteiger partial charge < -0.3 is 19.1 Å². The highest BCUT2D eigenvalue weighted by atomic mass is 32.2. The van der Waals surface area contributed by atoms with Gasteiger partial charge in [-0.2, -0.15) is 0 Å². The standard InChI is InChI=1S/C25H32N2O7S/c1-5-34-25(29)19-12-14-26(15-13-19)24(28)17-27(20-7-9-21(32-3)10-8-20)35(30,31)23-16-18(2)6-11-22(23)33-4/h6-11,16,19H,5,12-15,17H2,1-4H3. The molecule has 190 valence electrons. The van der Waals surface area contributed by atoms with Crippen molar-refractivity contribution in [1.29, 1.82) is 0 Å². The van der Waals surface area contributed by atoms with E-state index in [0.29, 0.717) is 44.0 Å². The van der Waals surface area contributed by atoms with E-state index in [4.69, 9.17) is 14.2 Å². The Bertz CT molecular complexity index is 1140. The van der Waals surface area contributed by atoms with Crippen LogP contribution in [0.5, 0.6) is 11.5 Å². The van der Waals surface area contributed by atoms with Crippen LogP contribution in [0.4, 0.5) is 5.69 Å². The number of piperidine rings is 1. The number of hydrogen-bond donors (Lipinski definition) is 0. The van der Waals surface area contributed by atoms with Crippen LogP contribution >= 0.6 is 0 Å². The van der Waals surface area contributed by atoms with E-state index in [-0.39, 0.29) is 28.4 Å². The molecular weight excluding hydrogens is 472 g/mol. The number of nitrogens with zero attached hydrogens (tertiary/aromatic N) is 2. The topological polar surface area (TPSA) is 102 Å². The van der Waals surface area contributed by atoms with Crippen LogP contribution in [-0.4, -0.2) is 65.7 Å². The van der Waals surface area contributed by atoms with Crippen LogP contribution in [0, 0.1) is 12.8 Å². The zero-order valence-corrected chi connectivity index (χ0v) is 21.3. The molecule has 1 amide bonds. The highest BCUT2D eigenvalue weighted by Gasteiger charge is 2.33. The number of carbonyl (C=O) groups is 2. The molecule has 1 fully saturated rings. The van der Waals surface area contributed by atoms with Gasteiger partial charge in [0.25, 0.3) is 10.0 Å². The first-order valence-electron chi connectivity index (χ1n) is 11.5. The Morgan fingerprint density at radius 3 is 2.26 bits per heavy atom. The van der Waals surface area contributed by atoms with Gasteiger partial charge in [-0.3, -0.25) is 13.9 Å². The fraction of sp³-hybridized carbons (Fsp3) is 0.440. The summed E-state index contributed by atoms with van der Waals surface area (Å²) >= 11 is 0. The number of hydrogen-bond acceptors (Lipinski definition) is 7. The summed E-state index contributed by atoms with van der Waals surface area (Å²) in [5.41, 5.74) is 1.07. The van der Waals surface area contributed by atoms with Crippen molar-refractivity contribution in [2.24, 2.45) is 5.92 Å². The minimum absolute atomic E-state index is 0.0235. The minimum atomic E-state index is -4.16. The van der Waals surface area contributed by atoms with Gasteiger partial charge in [0, 0.05) is 13.1 Å². The third kappa shape index (κ3) is 6.05. The number of anilines is 1. The van der Waals surface area contributed by atoms with E-state index in [9.17, 15) is 18.0 Å². The molecule has 0 radical (unpaired) electrons. The fourth-order valence-corrected chi connectivity index (χ4v) is 5.67. The number of likely N-dealkylation sites (tertiary alicyclic amines) is 1. The summed E-state index contributed by atoms with van der Waals surface area (Å²) in [5.74, 6) is -0.104. The maximum Gasteiger partial charge on any atom is 0.309 e. The zero-order valence-electron chi connectivity index (χ0n) is 20.5. The molecule has 0 saturated carbocycles. The quantitative estimate of drug-likeness (QED) is 0.484. The van der Waals surface area contributed by atoms with E-state index in [1.807, 2.05) is 0 Å². The Labute approximate surface area is 206 Å². The Kier molecular flexibility index (Phi) is 8.61. The lowest BCUT2D eigenvalue weighted by molar-refractivity contribution is -0.151. The largest absolute Gasteiger partial charge is 0.497 e. The first kappa shape index (κ1) is 26.3. The van der Waals surface area contributed by atoms with Crippen molar-refractivity contribution in [1.82, 2.24) is 4.90 Å². The number of amides is 1. The van der Waals surface area contributed by atoms with Crippen LogP contribution < -0.4 is 13.8 Å². The van der Waals surface area contributed by atoms with E-state index in [2.05, 4.69) is 0 Å². The van der Waals surface area contributed by atoms with Crippen LogP contribution in [0.25, 0.3) is 0 Å². The summed E-state index contributed by atoms with van der Waals surface area (Å²) in [7, 11) is -1.24. The molecule has 0 spiro atoms.